The topological polar surface area (TPSA) is 93.8 Å². The van der Waals surface area contributed by atoms with Crippen molar-refractivity contribution < 1.29 is 14.3 Å². The van der Waals surface area contributed by atoms with Gasteiger partial charge in [0.2, 0.25) is 0 Å². The van der Waals surface area contributed by atoms with Crippen LogP contribution in [-0.2, 0) is 9.53 Å². The normalized spacial score (nSPS) is 43.0. The van der Waals surface area contributed by atoms with Gasteiger partial charge in [0.05, 0.1) is 7.11 Å². The Morgan fingerprint density at radius 2 is 1.88 bits per heavy atom. The van der Waals surface area contributed by atoms with Gasteiger partial charge >= 0.3 is 12.0 Å². The number of hydrazone groups is 1. The summed E-state index contributed by atoms with van der Waals surface area (Å²) < 4.78 is 4.89. The van der Waals surface area contributed by atoms with E-state index in [2.05, 4.69) is 31.3 Å². The molecule has 0 aromatic carbocycles. The van der Waals surface area contributed by atoms with E-state index in [9.17, 15) is 9.59 Å². The second kappa shape index (κ2) is 8.98. The Labute approximate surface area is 193 Å². The van der Waals surface area contributed by atoms with Crippen molar-refractivity contribution in [1.29, 1.82) is 0 Å². The number of primary amides is 1. The third kappa shape index (κ3) is 4.07. The maximum Gasteiger partial charge on any atom is 0.332 e. The lowest BCUT2D eigenvalue weighted by molar-refractivity contribution is -0.141. The Bertz CT molecular complexity index is 767. The highest BCUT2D eigenvalue weighted by Gasteiger charge is 2.60. The van der Waals surface area contributed by atoms with Crippen molar-refractivity contribution in [3.63, 3.8) is 0 Å². The Morgan fingerprint density at radius 3 is 2.59 bits per heavy atom. The second-order valence-electron chi connectivity index (χ2n) is 11.8. The summed E-state index contributed by atoms with van der Waals surface area (Å²) in [5.41, 5.74) is 9.59. The van der Waals surface area contributed by atoms with Crippen LogP contribution in [0, 0.1) is 46.3 Å². The van der Waals surface area contributed by atoms with Gasteiger partial charge in [-0.1, -0.05) is 20.8 Å². The van der Waals surface area contributed by atoms with Crippen LogP contribution >= 0.6 is 0 Å². The standard InChI is InChI=1S/C26H43N3O3/c1-16(5-10-23(30)32-4)20-8-9-21-19-7-6-17-15-18(28-29-24(27)31)11-13-25(17,2)22(19)12-14-26(20,21)3/h16-17,19-22H,5-15H2,1-4H3,(H3,27,29,31)/t16-,17+,19+,20+,21-,22-,25-,26+/m0/s1. The zero-order valence-corrected chi connectivity index (χ0v) is 20.5. The van der Waals surface area contributed by atoms with E-state index in [4.69, 9.17) is 10.5 Å². The van der Waals surface area contributed by atoms with Crippen LogP contribution in [0.3, 0.4) is 0 Å². The number of carbonyl (C=O) groups is 2. The van der Waals surface area contributed by atoms with Crippen LogP contribution in [0.5, 0.6) is 0 Å². The smallest absolute Gasteiger partial charge is 0.332 e. The largest absolute Gasteiger partial charge is 0.469 e. The van der Waals surface area contributed by atoms with E-state index in [0.717, 1.165) is 48.6 Å². The van der Waals surface area contributed by atoms with Crippen molar-refractivity contribution in [1.82, 2.24) is 5.43 Å². The van der Waals surface area contributed by atoms with Crippen molar-refractivity contribution in [3.8, 4) is 0 Å². The number of fused-ring (bicyclic) bond motifs is 5. The third-order valence-corrected chi connectivity index (χ3v) is 10.6. The van der Waals surface area contributed by atoms with Gasteiger partial charge in [-0.3, -0.25) is 4.79 Å². The van der Waals surface area contributed by atoms with Gasteiger partial charge in [-0.25, -0.2) is 10.2 Å². The van der Waals surface area contributed by atoms with E-state index in [-0.39, 0.29) is 5.97 Å². The van der Waals surface area contributed by atoms with Gasteiger partial charge in [-0.15, -0.1) is 0 Å². The molecule has 4 saturated carbocycles. The molecule has 0 saturated heterocycles. The number of carbonyl (C=O) groups excluding carboxylic acids is 2. The Hall–Kier alpha value is -1.59. The van der Waals surface area contributed by atoms with Gasteiger partial charge in [0.25, 0.3) is 0 Å². The van der Waals surface area contributed by atoms with Crippen LogP contribution < -0.4 is 11.2 Å². The molecule has 3 N–H and O–H groups in total. The molecule has 6 nitrogen and oxygen atoms in total. The van der Waals surface area contributed by atoms with Gasteiger partial charge in [0.15, 0.2) is 0 Å². The minimum Gasteiger partial charge on any atom is -0.469 e. The summed E-state index contributed by atoms with van der Waals surface area (Å²) in [5.74, 6) is 4.40. The molecule has 0 aromatic heterocycles. The number of methoxy groups -OCH3 is 1. The fourth-order valence-electron chi connectivity index (χ4n) is 8.92. The van der Waals surface area contributed by atoms with E-state index >= 15 is 0 Å². The molecule has 4 fully saturated rings. The number of hydrogen-bond donors (Lipinski definition) is 2. The maximum atomic E-state index is 11.7. The van der Waals surface area contributed by atoms with Gasteiger partial charge in [-0.05, 0) is 111 Å². The lowest BCUT2D eigenvalue weighted by Crippen LogP contribution is -2.54. The first kappa shape index (κ1) is 23.6. The van der Waals surface area contributed by atoms with Crippen molar-refractivity contribution in [2.75, 3.05) is 7.11 Å². The SMILES string of the molecule is COC(=O)CC[C@H](C)[C@H]1CC[C@H]2[C@H]3CC[C@@H]4CC(=NNC(N)=O)CC[C@]4(C)[C@H]3CC[C@]12C. The lowest BCUT2D eigenvalue weighted by atomic mass is 9.44. The number of nitrogens with one attached hydrogen (secondary N) is 1. The molecule has 0 unspecified atom stereocenters. The molecule has 4 aliphatic carbocycles. The first-order chi connectivity index (χ1) is 15.2. The summed E-state index contributed by atoms with van der Waals surface area (Å²) in [7, 11) is 1.49. The predicted octanol–water partition coefficient (Wildman–Crippen LogP) is 5.26. The number of nitrogens with zero attached hydrogens (tertiary/aromatic N) is 1. The Kier molecular flexibility index (Phi) is 6.61. The van der Waals surface area contributed by atoms with Gasteiger partial charge in [-0.2, -0.15) is 5.10 Å². The number of urea groups is 1. The van der Waals surface area contributed by atoms with Crippen molar-refractivity contribution in [2.24, 2.45) is 57.2 Å². The first-order valence-electron chi connectivity index (χ1n) is 12.9. The van der Waals surface area contributed by atoms with E-state index in [1.165, 1.54) is 52.1 Å². The second-order valence-corrected chi connectivity index (χ2v) is 11.8. The highest BCUT2D eigenvalue weighted by molar-refractivity contribution is 5.87. The number of rotatable bonds is 5. The molecule has 0 radical (unpaired) electrons. The predicted molar refractivity (Wildman–Crippen MR) is 126 cm³/mol. The first-order valence-corrected chi connectivity index (χ1v) is 12.9. The summed E-state index contributed by atoms with van der Waals surface area (Å²) in [6.07, 6.45) is 12.7. The Morgan fingerprint density at radius 1 is 1.12 bits per heavy atom. The summed E-state index contributed by atoms with van der Waals surface area (Å²) >= 11 is 0. The molecular weight excluding hydrogens is 402 g/mol. The fourth-order valence-corrected chi connectivity index (χ4v) is 8.92. The van der Waals surface area contributed by atoms with Gasteiger partial charge in [0, 0.05) is 12.1 Å². The van der Waals surface area contributed by atoms with Crippen LogP contribution in [-0.4, -0.2) is 24.8 Å². The summed E-state index contributed by atoms with van der Waals surface area (Å²) in [5, 5.41) is 4.30. The summed E-state index contributed by atoms with van der Waals surface area (Å²) in [4.78, 5) is 22.7. The molecule has 0 aromatic rings. The average Bonchev–Trinajstić information content (AvgIpc) is 3.12. The highest BCUT2D eigenvalue weighted by Crippen LogP contribution is 2.68. The molecule has 0 aliphatic heterocycles. The van der Waals surface area contributed by atoms with E-state index in [1.54, 1.807) is 0 Å². The number of amides is 2. The van der Waals surface area contributed by atoms with Gasteiger partial charge in [0.1, 0.15) is 0 Å². The Balaban J connectivity index is 1.45. The molecule has 0 spiro atoms. The molecule has 6 heteroatoms. The van der Waals surface area contributed by atoms with Crippen molar-refractivity contribution in [3.05, 3.63) is 0 Å². The van der Waals surface area contributed by atoms with Crippen molar-refractivity contribution in [2.45, 2.75) is 91.4 Å². The van der Waals surface area contributed by atoms with E-state index in [1.807, 2.05) is 0 Å². The third-order valence-electron chi connectivity index (χ3n) is 10.6. The van der Waals surface area contributed by atoms with Crippen LogP contribution in [0.4, 0.5) is 4.79 Å². The number of esters is 1. The monoisotopic (exact) mass is 445 g/mol. The zero-order chi connectivity index (χ0) is 23.1. The number of hydrogen-bond acceptors (Lipinski definition) is 4. The van der Waals surface area contributed by atoms with Crippen LogP contribution in [0.2, 0.25) is 0 Å². The molecule has 180 valence electrons. The maximum absolute atomic E-state index is 11.7. The van der Waals surface area contributed by atoms with Crippen LogP contribution in [0.1, 0.15) is 91.4 Å². The van der Waals surface area contributed by atoms with Crippen LogP contribution in [0.25, 0.3) is 0 Å². The fraction of sp³-hybridized carbons (Fsp3) is 0.885. The molecule has 0 bridgehead atoms. The van der Waals surface area contributed by atoms with Crippen LogP contribution in [0.15, 0.2) is 5.10 Å². The molecule has 2 amide bonds. The molecule has 32 heavy (non-hydrogen) atoms. The van der Waals surface area contributed by atoms with Crippen molar-refractivity contribution >= 4 is 17.7 Å². The summed E-state index contributed by atoms with van der Waals surface area (Å²) in [6, 6.07) is -0.572. The minimum atomic E-state index is -0.572. The molecule has 8 atom stereocenters. The molecule has 4 aliphatic rings. The number of ether oxygens (including phenoxy) is 1. The number of nitrogens with two attached hydrogens (primary N) is 1. The highest BCUT2D eigenvalue weighted by atomic mass is 16.5. The quantitative estimate of drug-likeness (QED) is 0.446. The zero-order valence-electron chi connectivity index (χ0n) is 20.5. The minimum absolute atomic E-state index is 0.0715. The van der Waals surface area contributed by atoms with Gasteiger partial charge < -0.3 is 10.5 Å². The van der Waals surface area contributed by atoms with E-state index < -0.39 is 6.03 Å². The van der Waals surface area contributed by atoms with E-state index in [0.29, 0.717) is 29.1 Å². The summed E-state index contributed by atoms with van der Waals surface area (Å²) in [6.45, 7) is 7.50. The lowest BCUT2D eigenvalue weighted by Gasteiger charge is -2.60. The molecular formula is C26H43N3O3. The average molecular weight is 446 g/mol. The molecule has 4 rings (SSSR count). The molecule has 0 heterocycles.